The van der Waals surface area contributed by atoms with Gasteiger partial charge in [-0.3, -0.25) is 24.5 Å². The Hall–Kier alpha value is -5.81. The number of rotatable bonds is 18. The van der Waals surface area contributed by atoms with Gasteiger partial charge in [-0.15, -0.1) is 0 Å². The van der Waals surface area contributed by atoms with Crippen molar-refractivity contribution in [1.29, 1.82) is 0 Å². The van der Waals surface area contributed by atoms with Crippen molar-refractivity contribution in [3.63, 3.8) is 0 Å². The van der Waals surface area contributed by atoms with Gasteiger partial charge in [-0.25, -0.2) is 9.78 Å². The quantitative estimate of drug-likeness (QED) is 0.0315. The molecular weight excluding hydrogens is 986 g/mol. The van der Waals surface area contributed by atoms with Gasteiger partial charge in [0.15, 0.2) is 5.58 Å². The first-order valence-corrected chi connectivity index (χ1v) is 28.5. The third kappa shape index (κ3) is 11.2. The Kier molecular flexibility index (Phi) is 15.5. The van der Waals surface area contributed by atoms with Crippen molar-refractivity contribution in [3.8, 4) is 5.75 Å². The van der Waals surface area contributed by atoms with E-state index in [1.165, 1.54) is 15.8 Å². The van der Waals surface area contributed by atoms with E-state index in [1.807, 2.05) is 43.3 Å². The van der Waals surface area contributed by atoms with Gasteiger partial charge in [0.1, 0.15) is 24.8 Å². The van der Waals surface area contributed by atoms with Crippen molar-refractivity contribution < 1.29 is 23.3 Å². The summed E-state index contributed by atoms with van der Waals surface area (Å²) in [6.07, 6.45) is 7.94. The van der Waals surface area contributed by atoms with Gasteiger partial charge in [0, 0.05) is 86.1 Å². The van der Waals surface area contributed by atoms with Crippen LogP contribution in [0.5, 0.6) is 5.75 Å². The molecule has 3 aromatic carbocycles. The molecule has 2 amide bonds. The zero-order valence-corrected chi connectivity index (χ0v) is 43.8. The highest BCUT2D eigenvalue weighted by Crippen LogP contribution is 2.43. The third-order valence-corrected chi connectivity index (χ3v) is 16.1. The summed E-state index contributed by atoms with van der Waals surface area (Å²) in [4.78, 5) is 56.4. The number of ether oxygens (including phenoxy) is 1. The molecule has 71 heavy (non-hydrogen) atoms. The Morgan fingerprint density at radius 1 is 0.859 bits per heavy atom. The van der Waals surface area contributed by atoms with E-state index in [2.05, 4.69) is 83.3 Å². The summed E-state index contributed by atoms with van der Waals surface area (Å²) in [7, 11) is -2.74. The molecular formula is C52H65BrN11O6P. The predicted octanol–water partition coefficient (Wildman–Crippen LogP) is 8.00. The minimum Gasteiger partial charge on any atom is -0.492 e. The van der Waals surface area contributed by atoms with Gasteiger partial charge in [-0.2, -0.15) is 4.98 Å². The molecule has 19 heteroatoms. The van der Waals surface area contributed by atoms with Crippen LogP contribution < -0.4 is 52.2 Å². The van der Waals surface area contributed by atoms with E-state index in [0.717, 1.165) is 123 Å². The molecule has 0 bridgehead atoms. The zero-order chi connectivity index (χ0) is 49.8. The number of nitrogens with zero attached hydrogens (tertiary/aromatic N) is 6. The van der Waals surface area contributed by atoms with E-state index < -0.39 is 24.8 Å². The molecule has 3 aromatic heterocycles. The predicted molar refractivity (Wildman–Crippen MR) is 286 cm³/mol. The first-order valence-electron chi connectivity index (χ1n) is 25.1. The average Bonchev–Trinajstić information content (AvgIpc) is 3.70. The number of para-hydroxylation sites is 1. The molecule has 0 aliphatic carbocycles. The number of carbonyl (C=O) groups is 2. The molecule has 6 heterocycles. The largest absolute Gasteiger partial charge is 0.492 e. The Bertz CT molecular complexity index is 3030. The number of benzene rings is 3. The molecule has 3 saturated heterocycles. The Labute approximate surface area is 422 Å². The number of anilines is 6. The molecule has 3 aliphatic rings. The second kappa shape index (κ2) is 21.9. The molecule has 1 unspecified atom stereocenters. The first kappa shape index (κ1) is 50.1. The Morgan fingerprint density at radius 2 is 1.63 bits per heavy atom. The molecule has 17 nitrogen and oxygen atoms in total. The summed E-state index contributed by atoms with van der Waals surface area (Å²) in [6, 6.07) is 17.6. The second-order valence-corrected chi connectivity index (χ2v) is 23.1. The van der Waals surface area contributed by atoms with Crippen molar-refractivity contribution in [1.82, 2.24) is 35.5 Å². The maximum Gasteiger partial charge on any atom is 0.420 e. The van der Waals surface area contributed by atoms with Gasteiger partial charge in [-0.1, -0.05) is 26.0 Å². The van der Waals surface area contributed by atoms with E-state index in [9.17, 15) is 18.9 Å². The van der Waals surface area contributed by atoms with Crippen LogP contribution in [0.4, 0.5) is 34.5 Å². The van der Waals surface area contributed by atoms with Crippen LogP contribution in [0.3, 0.4) is 0 Å². The SMILES string of the molecule is CCOc1cc(N2CCC(NCCNCC3CCN(c4cccc5c4oc(=O)n5C4CCC(=O)NC4=O)CC3)CC2)c(CC)cc1Nc1ncc(Br)c(Nc2ccc3nc(CC)ccc3c2P(C)(C)=O)n1. The Morgan fingerprint density at radius 3 is 2.37 bits per heavy atom. The van der Waals surface area contributed by atoms with Crippen molar-refractivity contribution in [3.05, 3.63) is 87.1 Å². The number of fused-ring (bicyclic) bond motifs is 2. The fourth-order valence-corrected chi connectivity index (χ4v) is 12.1. The normalized spacial score (nSPS) is 17.3. The zero-order valence-electron chi connectivity index (χ0n) is 41.3. The van der Waals surface area contributed by atoms with Gasteiger partial charge in [0.05, 0.1) is 39.2 Å². The van der Waals surface area contributed by atoms with Crippen LogP contribution in [0.25, 0.3) is 22.0 Å². The standard InChI is InChI=1S/C52H65BrN11O6P/c1-6-33-28-40(59-51-56-31-37(53)49(61-51)58-39-15-14-38-36(48(39)71(4,5)68)13-12-34(7-2)57-38)45(69-8-3)29-44(33)63-26-20-35(21-27-63)55-23-22-54-30-32-18-24-62(25-19-32)41-10-9-11-42-47(41)70-52(67)64(42)43-16-17-46(65)60-50(43)66/h9-15,28-29,31-32,35,43,54-55H,6-8,16-27,30H2,1-5H3,(H,60,65,66)(H2,56,58,59,61). The molecule has 0 radical (unpaired) electrons. The van der Waals surface area contributed by atoms with E-state index in [-0.39, 0.29) is 18.7 Å². The van der Waals surface area contributed by atoms with Crippen LogP contribution in [0.1, 0.15) is 76.6 Å². The van der Waals surface area contributed by atoms with Crippen molar-refractivity contribution in [2.24, 2.45) is 5.92 Å². The van der Waals surface area contributed by atoms with Crippen LogP contribution in [-0.2, 0) is 27.0 Å². The topological polar surface area (TPSA) is 201 Å². The molecule has 6 aromatic rings. The number of pyridine rings is 1. The van der Waals surface area contributed by atoms with E-state index >= 15 is 0 Å². The number of hydrogen-bond donors (Lipinski definition) is 5. The van der Waals surface area contributed by atoms with Gasteiger partial charge < -0.3 is 44.8 Å². The number of hydrogen-bond acceptors (Lipinski definition) is 15. The summed E-state index contributed by atoms with van der Waals surface area (Å²) in [5, 5.41) is 18.4. The van der Waals surface area contributed by atoms with Crippen LogP contribution in [0.2, 0.25) is 0 Å². The lowest BCUT2D eigenvalue weighted by molar-refractivity contribution is -0.135. The number of nitrogens with one attached hydrogen (secondary N) is 5. The number of piperidine rings is 3. The summed E-state index contributed by atoms with van der Waals surface area (Å²) < 4.78 is 27.8. The summed E-state index contributed by atoms with van der Waals surface area (Å²) in [5.41, 5.74) is 7.64. The lowest BCUT2D eigenvalue weighted by Crippen LogP contribution is -2.45. The lowest BCUT2D eigenvalue weighted by Gasteiger charge is -2.36. The Balaban J connectivity index is 0.760. The molecule has 0 saturated carbocycles. The highest BCUT2D eigenvalue weighted by Gasteiger charge is 2.33. The lowest BCUT2D eigenvalue weighted by atomic mass is 9.96. The third-order valence-electron chi connectivity index (χ3n) is 14.0. The number of aromatic nitrogens is 4. The average molecular weight is 1050 g/mol. The van der Waals surface area contributed by atoms with Gasteiger partial charge >= 0.3 is 5.76 Å². The smallest absolute Gasteiger partial charge is 0.420 e. The minimum absolute atomic E-state index is 0.187. The summed E-state index contributed by atoms with van der Waals surface area (Å²) >= 11 is 3.64. The number of amides is 2. The fourth-order valence-electron chi connectivity index (χ4n) is 10.3. The maximum absolute atomic E-state index is 13.8. The van der Waals surface area contributed by atoms with Crippen LogP contribution >= 0.6 is 23.1 Å². The molecule has 9 rings (SSSR count). The van der Waals surface area contributed by atoms with Gasteiger partial charge in [0.25, 0.3) is 0 Å². The van der Waals surface area contributed by atoms with Crippen LogP contribution in [-0.4, -0.2) is 103 Å². The maximum atomic E-state index is 13.8. The number of aryl methyl sites for hydroxylation is 2. The number of carbonyl (C=O) groups excluding carboxylic acids is 2. The molecule has 1 atom stereocenters. The number of halogens is 1. The van der Waals surface area contributed by atoms with Crippen molar-refractivity contribution in [2.75, 3.05) is 86.2 Å². The number of oxazole rings is 1. The number of imide groups is 1. The summed E-state index contributed by atoms with van der Waals surface area (Å²) in [6.45, 7) is 16.6. The minimum atomic E-state index is -2.74. The fraction of sp³-hybridized carbons (Fsp3) is 0.462. The van der Waals surface area contributed by atoms with E-state index in [4.69, 9.17) is 19.1 Å². The van der Waals surface area contributed by atoms with Crippen molar-refractivity contribution >= 4 is 96.7 Å². The van der Waals surface area contributed by atoms with Crippen LogP contribution in [0, 0.1) is 5.92 Å². The second-order valence-electron chi connectivity index (χ2n) is 19.1. The molecule has 5 N–H and O–H groups in total. The molecule has 3 fully saturated rings. The molecule has 3 aliphatic heterocycles. The highest BCUT2D eigenvalue weighted by molar-refractivity contribution is 9.10. The first-order chi connectivity index (χ1) is 34.3. The summed E-state index contributed by atoms with van der Waals surface area (Å²) in [5.74, 6) is 0.848. The van der Waals surface area contributed by atoms with E-state index in [0.29, 0.717) is 51.6 Å². The molecule has 376 valence electrons. The van der Waals surface area contributed by atoms with Crippen LogP contribution in [0.15, 0.2) is 74.5 Å². The van der Waals surface area contributed by atoms with Gasteiger partial charge in [0.2, 0.25) is 17.8 Å². The van der Waals surface area contributed by atoms with Gasteiger partial charge in [-0.05, 0) is 136 Å². The highest BCUT2D eigenvalue weighted by atomic mass is 79.9. The monoisotopic (exact) mass is 1050 g/mol. The molecule has 0 spiro atoms. The van der Waals surface area contributed by atoms with E-state index in [1.54, 1.807) is 25.6 Å². The van der Waals surface area contributed by atoms with Crippen molar-refractivity contribution in [2.45, 2.75) is 84.2 Å².